The molecule has 2 heterocycles. The SMILES string of the molecule is Cc1ccc(C)c(-c2csc(-c3ccncc3)n2)c1. The van der Waals surface area contributed by atoms with Crippen LogP contribution in [0, 0.1) is 13.8 Å². The van der Waals surface area contributed by atoms with Crippen molar-refractivity contribution in [1.82, 2.24) is 9.97 Å². The van der Waals surface area contributed by atoms with Crippen LogP contribution in [0.1, 0.15) is 11.1 Å². The molecule has 0 amide bonds. The van der Waals surface area contributed by atoms with Gasteiger partial charge in [0.1, 0.15) is 5.01 Å². The molecule has 0 aliphatic carbocycles. The molecule has 1 aromatic carbocycles. The average Bonchev–Trinajstić information content (AvgIpc) is 2.92. The summed E-state index contributed by atoms with van der Waals surface area (Å²) in [6.45, 7) is 4.24. The topological polar surface area (TPSA) is 25.8 Å². The maximum atomic E-state index is 4.74. The molecule has 3 heteroatoms. The summed E-state index contributed by atoms with van der Waals surface area (Å²) in [6, 6.07) is 10.5. The van der Waals surface area contributed by atoms with Crippen LogP contribution in [-0.4, -0.2) is 9.97 Å². The van der Waals surface area contributed by atoms with Gasteiger partial charge in [-0.05, 0) is 37.6 Å². The van der Waals surface area contributed by atoms with Crippen molar-refractivity contribution in [3.63, 3.8) is 0 Å². The molecule has 19 heavy (non-hydrogen) atoms. The summed E-state index contributed by atoms with van der Waals surface area (Å²) in [5.74, 6) is 0. The quantitative estimate of drug-likeness (QED) is 0.683. The fourth-order valence-corrected chi connectivity index (χ4v) is 2.86. The minimum absolute atomic E-state index is 1.04. The summed E-state index contributed by atoms with van der Waals surface area (Å²) in [4.78, 5) is 8.78. The van der Waals surface area contributed by atoms with Crippen LogP contribution in [0.5, 0.6) is 0 Å². The lowest BCUT2D eigenvalue weighted by Crippen LogP contribution is -1.85. The highest BCUT2D eigenvalue weighted by Gasteiger charge is 2.08. The number of pyridine rings is 1. The number of rotatable bonds is 2. The largest absolute Gasteiger partial charge is 0.265 e. The Morgan fingerprint density at radius 2 is 1.79 bits per heavy atom. The molecular weight excluding hydrogens is 252 g/mol. The van der Waals surface area contributed by atoms with Gasteiger partial charge in [0, 0.05) is 28.9 Å². The zero-order valence-electron chi connectivity index (χ0n) is 10.9. The number of hydrogen-bond donors (Lipinski definition) is 0. The molecule has 0 fully saturated rings. The maximum Gasteiger partial charge on any atom is 0.124 e. The van der Waals surface area contributed by atoms with Gasteiger partial charge in [-0.15, -0.1) is 11.3 Å². The molecule has 0 spiro atoms. The molecule has 3 rings (SSSR count). The van der Waals surface area contributed by atoms with Crippen molar-refractivity contribution in [1.29, 1.82) is 0 Å². The minimum atomic E-state index is 1.04. The Kier molecular flexibility index (Phi) is 3.13. The number of aromatic nitrogens is 2. The zero-order valence-corrected chi connectivity index (χ0v) is 11.7. The van der Waals surface area contributed by atoms with Gasteiger partial charge in [0.05, 0.1) is 5.69 Å². The van der Waals surface area contributed by atoms with E-state index in [1.54, 1.807) is 23.7 Å². The summed E-state index contributed by atoms with van der Waals surface area (Å²) in [5.41, 5.74) is 5.92. The average molecular weight is 266 g/mol. The molecule has 0 saturated heterocycles. The van der Waals surface area contributed by atoms with Crippen LogP contribution in [0.25, 0.3) is 21.8 Å². The van der Waals surface area contributed by atoms with Crippen molar-refractivity contribution < 1.29 is 0 Å². The molecule has 0 N–H and O–H groups in total. The summed E-state index contributed by atoms with van der Waals surface area (Å²) in [7, 11) is 0. The Morgan fingerprint density at radius 1 is 1.00 bits per heavy atom. The minimum Gasteiger partial charge on any atom is -0.265 e. The van der Waals surface area contributed by atoms with Crippen LogP contribution in [-0.2, 0) is 0 Å². The number of hydrogen-bond acceptors (Lipinski definition) is 3. The number of benzene rings is 1. The van der Waals surface area contributed by atoms with E-state index in [1.165, 1.54) is 16.7 Å². The third-order valence-electron chi connectivity index (χ3n) is 3.10. The van der Waals surface area contributed by atoms with Gasteiger partial charge < -0.3 is 0 Å². The van der Waals surface area contributed by atoms with E-state index >= 15 is 0 Å². The fraction of sp³-hybridized carbons (Fsp3) is 0.125. The van der Waals surface area contributed by atoms with Crippen LogP contribution in [0.3, 0.4) is 0 Å². The van der Waals surface area contributed by atoms with Crippen molar-refractivity contribution in [2.75, 3.05) is 0 Å². The zero-order chi connectivity index (χ0) is 13.2. The Bertz CT molecular complexity index is 702. The van der Waals surface area contributed by atoms with Crippen molar-refractivity contribution in [2.24, 2.45) is 0 Å². The van der Waals surface area contributed by atoms with E-state index in [2.05, 4.69) is 42.4 Å². The molecule has 3 aromatic rings. The van der Waals surface area contributed by atoms with Gasteiger partial charge in [-0.3, -0.25) is 4.98 Å². The van der Waals surface area contributed by atoms with Gasteiger partial charge in [-0.25, -0.2) is 4.98 Å². The van der Waals surface area contributed by atoms with Gasteiger partial charge in [0.25, 0.3) is 0 Å². The van der Waals surface area contributed by atoms with Crippen LogP contribution < -0.4 is 0 Å². The van der Waals surface area contributed by atoms with Crippen LogP contribution in [0.4, 0.5) is 0 Å². The number of nitrogens with zero attached hydrogens (tertiary/aromatic N) is 2. The number of aryl methyl sites for hydroxylation is 2. The highest BCUT2D eigenvalue weighted by Crippen LogP contribution is 2.30. The second kappa shape index (κ2) is 4.94. The Hall–Kier alpha value is -2.00. The summed E-state index contributed by atoms with van der Waals surface area (Å²) in [6.07, 6.45) is 3.60. The molecule has 0 atom stereocenters. The molecule has 2 aromatic heterocycles. The first kappa shape index (κ1) is 12.1. The van der Waals surface area contributed by atoms with E-state index in [0.717, 1.165) is 16.3 Å². The van der Waals surface area contributed by atoms with E-state index in [9.17, 15) is 0 Å². The van der Waals surface area contributed by atoms with Gasteiger partial charge in [-0.1, -0.05) is 17.7 Å². The summed E-state index contributed by atoms with van der Waals surface area (Å²) >= 11 is 1.67. The number of thiazole rings is 1. The predicted octanol–water partition coefficient (Wildman–Crippen LogP) is 4.49. The summed E-state index contributed by atoms with van der Waals surface area (Å²) < 4.78 is 0. The molecule has 0 saturated carbocycles. The van der Waals surface area contributed by atoms with E-state index in [4.69, 9.17) is 4.98 Å². The lowest BCUT2D eigenvalue weighted by Gasteiger charge is -2.03. The lowest BCUT2D eigenvalue weighted by molar-refractivity contribution is 1.31. The van der Waals surface area contributed by atoms with E-state index < -0.39 is 0 Å². The van der Waals surface area contributed by atoms with Gasteiger partial charge in [0.15, 0.2) is 0 Å². The second-order valence-corrected chi connectivity index (χ2v) is 5.45. The van der Waals surface area contributed by atoms with Crippen LogP contribution in [0.2, 0.25) is 0 Å². The maximum absolute atomic E-state index is 4.74. The normalized spacial score (nSPS) is 10.6. The molecule has 0 aliphatic heterocycles. The first-order valence-corrected chi connectivity index (χ1v) is 7.05. The summed E-state index contributed by atoms with van der Waals surface area (Å²) in [5, 5.41) is 3.16. The van der Waals surface area contributed by atoms with Crippen LogP contribution >= 0.6 is 11.3 Å². The molecule has 0 aliphatic rings. The molecular formula is C16H14N2S. The second-order valence-electron chi connectivity index (χ2n) is 4.59. The molecule has 0 unspecified atom stereocenters. The predicted molar refractivity (Wildman–Crippen MR) is 80.3 cm³/mol. The molecule has 0 radical (unpaired) electrons. The lowest BCUT2D eigenvalue weighted by atomic mass is 10.0. The smallest absolute Gasteiger partial charge is 0.124 e. The van der Waals surface area contributed by atoms with Crippen molar-refractivity contribution in [3.05, 3.63) is 59.2 Å². The van der Waals surface area contributed by atoms with Gasteiger partial charge in [-0.2, -0.15) is 0 Å². The molecule has 2 nitrogen and oxygen atoms in total. The molecule has 94 valence electrons. The van der Waals surface area contributed by atoms with Crippen molar-refractivity contribution >= 4 is 11.3 Å². The van der Waals surface area contributed by atoms with E-state index in [-0.39, 0.29) is 0 Å². The monoisotopic (exact) mass is 266 g/mol. The highest BCUT2D eigenvalue weighted by atomic mass is 32.1. The van der Waals surface area contributed by atoms with E-state index in [0.29, 0.717) is 0 Å². The Labute approximate surface area is 116 Å². The first-order chi connectivity index (χ1) is 9.24. The van der Waals surface area contributed by atoms with Crippen molar-refractivity contribution in [3.8, 4) is 21.8 Å². The third kappa shape index (κ3) is 2.42. The van der Waals surface area contributed by atoms with Gasteiger partial charge in [0.2, 0.25) is 0 Å². The van der Waals surface area contributed by atoms with Gasteiger partial charge >= 0.3 is 0 Å². The van der Waals surface area contributed by atoms with E-state index in [1.807, 2.05) is 12.1 Å². The molecule has 0 bridgehead atoms. The first-order valence-electron chi connectivity index (χ1n) is 6.17. The Morgan fingerprint density at radius 3 is 2.58 bits per heavy atom. The standard InChI is InChI=1S/C16H14N2S/c1-11-3-4-12(2)14(9-11)15-10-19-16(18-15)13-5-7-17-8-6-13/h3-10H,1-2H3. The van der Waals surface area contributed by atoms with Crippen molar-refractivity contribution in [2.45, 2.75) is 13.8 Å². The third-order valence-corrected chi connectivity index (χ3v) is 3.99. The Balaban J connectivity index is 2.04. The highest BCUT2D eigenvalue weighted by molar-refractivity contribution is 7.13. The van der Waals surface area contributed by atoms with Crippen LogP contribution in [0.15, 0.2) is 48.1 Å². The fourth-order valence-electron chi connectivity index (χ4n) is 2.04.